The number of aromatic hydroxyl groups is 1. The van der Waals surface area contributed by atoms with Crippen LogP contribution in [-0.4, -0.2) is 19.3 Å². The molecule has 0 fully saturated rings. The molecule has 0 saturated heterocycles. The number of hydrogen-bond donors (Lipinski definition) is 2. The van der Waals surface area contributed by atoms with Gasteiger partial charge in [-0.15, -0.1) is 12.4 Å². The predicted octanol–water partition coefficient (Wildman–Crippen LogP) is 3.02. The first-order valence-electron chi connectivity index (χ1n) is 5.84. The summed E-state index contributed by atoms with van der Waals surface area (Å²) in [6.45, 7) is 2.13. The van der Waals surface area contributed by atoms with E-state index in [1.165, 1.54) is 14.2 Å². The van der Waals surface area contributed by atoms with E-state index in [-0.39, 0.29) is 24.2 Å². The van der Waals surface area contributed by atoms with E-state index in [0.717, 1.165) is 24.8 Å². The van der Waals surface area contributed by atoms with Crippen molar-refractivity contribution < 1.29 is 14.6 Å². The van der Waals surface area contributed by atoms with Gasteiger partial charge in [0.1, 0.15) is 0 Å². The van der Waals surface area contributed by atoms with E-state index in [9.17, 15) is 5.11 Å². The quantitative estimate of drug-likeness (QED) is 0.838. The maximum atomic E-state index is 9.78. The number of phenolic OH excluding ortho intramolecular Hbond substituents is 1. The van der Waals surface area contributed by atoms with Crippen molar-refractivity contribution in [2.45, 2.75) is 32.2 Å². The predicted molar refractivity (Wildman–Crippen MR) is 74.9 cm³/mol. The van der Waals surface area contributed by atoms with Crippen LogP contribution in [0.15, 0.2) is 12.1 Å². The molecule has 0 radical (unpaired) electrons. The fraction of sp³-hybridized carbons (Fsp3) is 0.538. The lowest BCUT2D eigenvalue weighted by Gasteiger charge is -2.15. The number of rotatable bonds is 6. The molecule has 0 bridgehead atoms. The number of halogens is 1. The van der Waals surface area contributed by atoms with Crippen LogP contribution in [0.1, 0.15) is 37.8 Å². The van der Waals surface area contributed by atoms with Crippen molar-refractivity contribution in [1.29, 1.82) is 0 Å². The molecule has 3 N–H and O–H groups in total. The molecule has 0 heterocycles. The van der Waals surface area contributed by atoms with Crippen molar-refractivity contribution >= 4 is 12.4 Å². The van der Waals surface area contributed by atoms with Gasteiger partial charge >= 0.3 is 0 Å². The zero-order valence-electron chi connectivity index (χ0n) is 11.1. The smallest absolute Gasteiger partial charge is 0.200 e. The molecular formula is C13H22ClNO3. The molecule has 0 aliphatic carbocycles. The van der Waals surface area contributed by atoms with Gasteiger partial charge in [0.25, 0.3) is 0 Å². The van der Waals surface area contributed by atoms with Crippen LogP contribution < -0.4 is 15.2 Å². The molecule has 0 spiro atoms. The molecule has 0 amide bonds. The van der Waals surface area contributed by atoms with E-state index < -0.39 is 0 Å². The number of methoxy groups -OCH3 is 2. The summed E-state index contributed by atoms with van der Waals surface area (Å²) in [5, 5.41) is 9.78. The van der Waals surface area contributed by atoms with Gasteiger partial charge in [0.15, 0.2) is 11.5 Å². The average molecular weight is 276 g/mol. The van der Waals surface area contributed by atoms with E-state index in [2.05, 4.69) is 6.92 Å². The lowest BCUT2D eigenvalue weighted by molar-refractivity contribution is 0.338. The van der Waals surface area contributed by atoms with Crippen LogP contribution in [0, 0.1) is 0 Å². The maximum Gasteiger partial charge on any atom is 0.200 e. The van der Waals surface area contributed by atoms with Gasteiger partial charge in [-0.25, -0.2) is 0 Å². The Morgan fingerprint density at radius 2 is 1.72 bits per heavy atom. The van der Waals surface area contributed by atoms with Gasteiger partial charge in [-0.3, -0.25) is 0 Å². The lowest BCUT2D eigenvalue weighted by atomic mass is 10.0. The van der Waals surface area contributed by atoms with Crippen LogP contribution in [0.4, 0.5) is 0 Å². The Morgan fingerprint density at radius 3 is 2.11 bits per heavy atom. The van der Waals surface area contributed by atoms with Crippen LogP contribution >= 0.6 is 12.4 Å². The molecule has 18 heavy (non-hydrogen) atoms. The summed E-state index contributed by atoms with van der Waals surface area (Å²) in [5.74, 6) is 0.805. The number of unbranched alkanes of at least 4 members (excludes halogenated alkanes) is 1. The third-order valence-electron chi connectivity index (χ3n) is 2.80. The molecular weight excluding hydrogens is 254 g/mol. The second-order valence-electron chi connectivity index (χ2n) is 4.02. The zero-order valence-corrected chi connectivity index (χ0v) is 11.9. The van der Waals surface area contributed by atoms with Crippen LogP contribution in [0.2, 0.25) is 0 Å². The Morgan fingerprint density at radius 1 is 1.22 bits per heavy atom. The Hall–Kier alpha value is -1.13. The average Bonchev–Trinajstić information content (AvgIpc) is 2.36. The fourth-order valence-corrected chi connectivity index (χ4v) is 1.72. The number of nitrogens with two attached hydrogens (primary N) is 1. The summed E-state index contributed by atoms with van der Waals surface area (Å²) < 4.78 is 10.2. The second-order valence-corrected chi connectivity index (χ2v) is 4.02. The molecule has 1 rings (SSSR count). The molecule has 1 aromatic carbocycles. The highest BCUT2D eigenvalue weighted by Crippen LogP contribution is 2.38. The summed E-state index contributed by atoms with van der Waals surface area (Å²) in [6.07, 6.45) is 3.10. The zero-order chi connectivity index (χ0) is 12.8. The molecule has 1 aromatic rings. The van der Waals surface area contributed by atoms with Crippen LogP contribution in [0.3, 0.4) is 0 Å². The van der Waals surface area contributed by atoms with Crippen LogP contribution in [0.25, 0.3) is 0 Å². The van der Waals surface area contributed by atoms with E-state index in [1.807, 2.05) is 0 Å². The third kappa shape index (κ3) is 3.96. The molecule has 104 valence electrons. The molecule has 0 unspecified atom stereocenters. The summed E-state index contributed by atoms with van der Waals surface area (Å²) in [6, 6.07) is 3.47. The first-order chi connectivity index (χ1) is 8.13. The Bertz CT molecular complexity index is 346. The summed E-state index contributed by atoms with van der Waals surface area (Å²) in [4.78, 5) is 0. The fourth-order valence-electron chi connectivity index (χ4n) is 1.72. The van der Waals surface area contributed by atoms with E-state index in [1.54, 1.807) is 12.1 Å². The minimum atomic E-state index is -0.0571. The third-order valence-corrected chi connectivity index (χ3v) is 2.80. The van der Waals surface area contributed by atoms with Gasteiger partial charge in [0.05, 0.1) is 14.2 Å². The maximum absolute atomic E-state index is 9.78. The monoisotopic (exact) mass is 275 g/mol. The van der Waals surface area contributed by atoms with Crippen LogP contribution in [0.5, 0.6) is 17.2 Å². The van der Waals surface area contributed by atoms with Crippen molar-refractivity contribution in [1.82, 2.24) is 0 Å². The van der Waals surface area contributed by atoms with E-state index >= 15 is 0 Å². The van der Waals surface area contributed by atoms with Gasteiger partial charge in [0, 0.05) is 6.04 Å². The van der Waals surface area contributed by atoms with Crippen LogP contribution in [-0.2, 0) is 0 Å². The van der Waals surface area contributed by atoms with Crippen molar-refractivity contribution in [2.75, 3.05) is 14.2 Å². The largest absolute Gasteiger partial charge is 0.502 e. The molecule has 5 heteroatoms. The Labute approximate surface area is 115 Å². The summed E-state index contributed by atoms with van der Waals surface area (Å²) in [7, 11) is 3.02. The lowest BCUT2D eigenvalue weighted by Crippen LogP contribution is -2.10. The van der Waals surface area contributed by atoms with Gasteiger partial charge in [-0.2, -0.15) is 0 Å². The summed E-state index contributed by atoms with van der Waals surface area (Å²) >= 11 is 0. The van der Waals surface area contributed by atoms with Gasteiger partial charge in [0.2, 0.25) is 5.75 Å². The molecule has 0 aliphatic rings. The van der Waals surface area contributed by atoms with Gasteiger partial charge in [-0.05, 0) is 24.1 Å². The number of ether oxygens (including phenoxy) is 2. The summed E-state index contributed by atoms with van der Waals surface area (Å²) in [5.41, 5.74) is 7.01. The van der Waals surface area contributed by atoms with E-state index in [0.29, 0.717) is 11.5 Å². The second kappa shape index (κ2) is 8.06. The van der Waals surface area contributed by atoms with Crippen molar-refractivity contribution in [3.63, 3.8) is 0 Å². The Kier molecular flexibility index (Phi) is 7.55. The molecule has 0 aliphatic heterocycles. The minimum Gasteiger partial charge on any atom is -0.502 e. The molecule has 0 aromatic heterocycles. The molecule has 1 atom stereocenters. The number of phenols is 1. The normalized spacial score (nSPS) is 11.6. The van der Waals surface area contributed by atoms with Gasteiger partial charge in [-0.1, -0.05) is 19.8 Å². The van der Waals surface area contributed by atoms with Gasteiger partial charge < -0.3 is 20.3 Å². The first-order valence-corrected chi connectivity index (χ1v) is 5.84. The van der Waals surface area contributed by atoms with Crippen molar-refractivity contribution in [3.8, 4) is 17.2 Å². The SMILES string of the molecule is CCCC[C@@H](N)c1cc(OC)c(O)c(OC)c1.Cl. The number of hydrogen-bond acceptors (Lipinski definition) is 4. The Balaban J connectivity index is 0.00000289. The molecule has 0 saturated carbocycles. The van der Waals surface area contributed by atoms with Crippen molar-refractivity contribution in [2.24, 2.45) is 5.73 Å². The van der Waals surface area contributed by atoms with Crippen molar-refractivity contribution in [3.05, 3.63) is 17.7 Å². The van der Waals surface area contributed by atoms with E-state index in [4.69, 9.17) is 15.2 Å². The highest BCUT2D eigenvalue weighted by atomic mass is 35.5. The topological polar surface area (TPSA) is 64.7 Å². The standard InChI is InChI=1S/C13H21NO3.ClH/c1-4-5-6-10(14)9-7-11(16-2)13(15)12(8-9)17-3;/h7-8,10,15H,4-6,14H2,1-3H3;1H/t10-;/m1./s1. The number of benzene rings is 1. The highest BCUT2D eigenvalue weighted by molar-refractivity contribution is 5.85. The highest BCUT2D eigenvalue weighted by Gasteiger charge is 2.14. The minimum absolute atomic E-state index is 0. The molecule has 4 nitrogen and oxygen atoms in total. The first kappa shape index (κ1) is 16.9.